The molecule has 0 saturated carbocycles. The molecule has 2 aromatic heterocycles. The molecule has 0 aliphatic rings. The molecule has 0 fully saturated rings. The molecule has 0 spiro atoms. The predicted octanol–water partition coefficient (Wildman–Crippen LogP) is 4.84. The van der Waals surface area contributed by atoms with Crippen molar-refractivity contribution in [2.75, 3.05) is 5.32 Å². The van der Waals surface area contributed by atoms with Crippen LogP contribution in [0.25, 0.3) is 0 Å². The molecule has 31 heavy (non-hydrogen) atoms. The van der Waals surface area contributed by atoms with Gasteiger partial charge in [-0.05, 0) is 49.7 Å². The van der Waals surface area contributed by atoms with E-state index >= 15 is 0 Å². The number of aryl methyl sites for hydroxylation is 2. The Morgan fingerprint density at radius 2 is 1.90 bits per heavy atom. The van der Waals surface area contributed by atoms with Gasteiger partial charge in [-0.1, -0.05) is 29.8 Å². The summed E-state index contributed by atoms with van der Waals surface area (Å²) in [5.74, 6) is -0.643. The lowest BCUT2D eigenvalue weighted by atomic mass is 10.1. The maximum Gasteiger partial charge on any atom is 0.255 e. The third kappa shape index (κ3) is 4.83. The third-order valence-corrected chi connectivity index (χ3v) is 5.28. The monoisotopic (exact) mass is 437 g/mol. The number of hydrogen-bond donors (Lipinski definition) is 1. The summed E-state index contributed by atoms with van der Waals surface area (Å²) in [7, 11) is 0. The second-order valence-corrected chi connectivity index (χ2v) is 7.77. The van der Waals surface area contributed by atoms with Crippen LogP contribution < -0.4 is 5.32 Å². The minimum Gasteiger partial charge on any atom is -0.319 e. The molecule has 0 bridgehead atoms. The van der Waals surface area contributed by atoms with Crippen molar-refractivity contribution < 1.29 is 9.18 Å². The Balaban J connectivity index is 1.40. The first kappa shape index (κ1) is 20.8. The molecule has 6 nitrogen and oxygen atoms in total. The number of amides is 1. The van der Waals surface area contributed by atoms with Crippen molar-refractivity contribution in [3.05, 3.63) is 99.8 Å². The molecule has 1 N–H and O–H groups in total. The maximum absolute atomic E-state index is 14.0. The highest BCUT2D eigenvalue weighted by atomic mass is 35.5. The number of hydrogen-bond acceptors (Lipinski definition) is 3. The van der Waals surface area contributed by atoms with E-state index in [4.69, 9.17) is 11.6 Å². The predicted molar refractivity (Wildman–Crippen MR) is 118 cm³/mol. The Morgan fingerprint density at radius 3 is 2.58 bits per heavy atom. The van der Waals surface area contributed by atoms with E-state index in [1.807, 2.05) is 36.7 Å². The van der Waals surface area contributed by atoms with E-state index in [1.165, 1.54) is 16.9 Å². The Morgan fingerprint density at radius 1 is 1.13 bits per heavy atom. The van der Waals surface area contributed by atoms with Gasteiger partial charge in [-0.3, -0.25) is 14.2 Å². The van der Waals surface area contributed by atoms with E-state index in [1.54, 1.807) is 30.5 Å². The number of carbonyl (C=O) groups excluding carboxylic acids is 1. The summed E-state index contributed by atoms with van der Waals surface area (Å²) in [6, 6.07) is 13.9. The van der Waals surface area contributed by atoms with Crippen LogP contribution >= 0.6 is 11.6 Å². The van der Waals surface area contributed by atoms with Crippen molar-refractivity contribution in [3.63, 3.8) is 0 Å². The molecule has 0 aliphatic heterocycles. The normalized spacial score (nSPS) is 11.0. The Labute approximate surface area is 184 Å². The minimum absolute atomic E-state index is 0.169. The number of anilines is 1. The van der Waals surface area contributed by atoms with E-state index in [0.29, 0.717) is 28.4 Å². The van der Waals surface area contributed by atoms with E-state index < -0.39 is 5.82 Å². The number of halogens is 2. The van der Waals surface area contributed by atoms with Gasteiger partial charge in [0, 0.05) is 28.0 Å². The van der Waals surface area contributed by atoms with Crippen LogP contribution in [0.2, 0.25) is 5.02 Å². The van der Waals surface area contributed by atoms with Crippen molar-refractivity contribution in [3.8, 4) is 0 Å². The van der Waals surface area contributed by atoms with Gasteiger partial charge >= 0.3 is 0 Å². The molecule has 0 radical (unpaired) electrons. The topological polar surface area (TPSA) is 64.7 Å². The van der Waals surface area contributed by atoms with Crippen molar-refractivity contribution in [1.29, 1.82) is 0 Å². The summed E-state index contributed by atoms with van der Waals surface area (Å²) >= 11 is 6.07. The van der Waals surface area contributed by atoms with E-state index in [2.05, 4.69) is 15.5 Å². The van der Waals surface area contributed by atoms with Crippen LogP contribution in [-0.4, -0.2) is 25.5 Å². The maximum atomic E-state index is 14.0. The average molecular weight is 438 g/mol. The molecule has 2 heterocycles. The number of aromatic nitrogens is 4. The van der Waals surface area contributed by atoms with Gasteiger partial charge < -0.3 is 5.32 Å². The fourth-order valence-corrected chi connectivity index (χ4v) is 3.56. The van der Waals surface area contributed by atoms with Gasteiger partial charge in [-0.25, -0.2) is 4.39 Å². The molecule has 158 valence electrons. The number of rotatable bonds is 6. The van der Waals surface area contributed by atoms with E-state index in [0.717, 1.165) is 17.0 Å². The van der Waals surface area contributed by atoms with Gasteiger partial charge in [0.25, 0.3) is 5.91 Å². The summed E-state index contributed by atoms with van der Waals surface area (Å²) in [6.45, 7) is 4.79. The fraction of sp³-hybridized carbons (Fsp3) is 0.174. The molecule has 1 amide bonds. The lowest BCUT2D eigenvalue weighted by Crippen LogP contribution is -2.12. The number of nitrogens with one attached hydrogen (secondary N) is 1. The van der Waals surface area contributed by atoms with Crippen LogP contribution in [0.15, 0.2) is 60.9 Å². The second-order valence-electron chi connectivity index (χ2n) is 7.36. The lowest BCUT2D eigenvalue weighted by molar-refractivity contribution is 0.102. The lowest BCUT2D eigenvalue weighted by Gasteiger charge is -2.07. The molecular formula is C23H21ClFN5O. The van der Waals surface area contributed by atoms with Crippen LogP contribution in [0.3, 0.4) is 0 Å². The van der Waals surface area contributed by atoms with Crippen LogP contribution in [0.1, 0.15) is 32.9 Å². The first-order valence-electron chi connectivity index (χ1n) is 9.76. The van der Waals surface area contributed by atoms with E-state index in [9.17, 15) is 9.18 Å². The zero-order valence-electron chi connectivity index (χ0n) is 17.1. The number of carbonyl (C=O) groups is 1. The molecule has 0 atom stereocenters. The second kappa shape index (κ2) is 8.73. The fourth-order valence-electron chi connectivity index (χ4n) is 3.33. The van der Waals surface area contributed by atoms with Gasteiger partial charge in [-0.15, -0.1) is 0 Å². The van der Waals surface area contributed by atoms with Crippen LogP contribution in [0.5, 0.6) is 0 Å². The van der Waals surface area contributed by atoms with Gasteiger partial charge in [0.2, 0.25) is 0 Å². The zero-order valence-corrected chi connectivity index (χ0v) is 17.9. The Bertz CT molecular complexity index is 1210. The molecule has 0 unspecified atom stereocenters. The Kier molecular flexibility index (Phi) is 5.86. The van der Waals surface area contributed by atoms with Crippen molar-refractivity contribution >= 4 is 23.2 Å². The highest BCUT2D eigenvalue weighted by molar-refractivity contribution is 6.31. The molecule has 2 aromatic carbocycles. The van der Waals surface area contributed by atoms with Crippen molar-refractivity contribution in [1.82, 2.24) is 19.6 Å². The summed E-state index contributed by atoms with van der Waals surface area (Å²) in [6.07, 6.45) is 3.15. The smallest absolute Gasteiger partial charge is 0.255 e. The zero-order chi connectivity index (χ0) is 22.0. The quantitative estimate of drug-likeness (QED) is 0.469. The molecule has 0 aliphatic carbocycles. The van der Waals surface area contributed by atoms with Gasteiger partial charge in [0.15, 0.2) is 0 Å². The highest BCUT2D eigenvalue weighted by Crippen LogP contribution is 2.20. The molecule has 0 saturated heterocycles. The van der Waals surface area contributed by atoms with Gasteiger partial charge in [0.1, 0.15) is 5.82 Å². The standard InChI is InChI=1S/C23H21ClFN5O/c1-15-10-16(2)30(28-15)12-17-6-8-18(9-7-17)23(31)27-19-11-26-29(13-19)14-20-21(24)4-3-5-22(20)25/h3-11,13H,12,14H2,1-2H3,(H,27,31). The number of benzene rings is 2. The first-order chi connectivity index (χ1) is 14.9. The Hall–Kier alpha value is -3.45. The minimum atomic E-state index is -0.394. The first-order valence-corrected chi connectivity index (χ1v) is 10.1. The summed E-state index contributed by atoms with van der Waals surface area (Å²) in [5.41, 5.74) is 4.52. The van der Waals surface area contributed by atoms with E-state index in [-0.39, 0.29) is 12.5 Å². The summed E-state index contributed by atoms with van der Waals surface area (Å²) in [4.78, 5) is 12.6. The van der Waals surface area contributed by atoms with Crippen LogP contribution in [0, 0.1) is 19.7 Å². The summed E-state index contributed by atoms with van der Waals surface area (Å²) < 4.78 is 17.4. The number of nitrogens with zero attached hydrogens (tertiary/aromatic N) is 4. The largest absolute Gasteiger partial charge is 0.319 e. The molecule has 4 aromatic rings. The average Bonchev–Trinajstić information content (AvgIpc) is 3.30. The molecular weight excluding hydrogens is 417 g/mol. The third-order valence-electron chi connectivity index (χ3n) is 4.92. The molecule has 8 heteroatoms. The van der Waals surface area contributed by atoms with Crippen LogP contribution in [0.4, 0.5) is 10.1 Å². The summed E-state index contributed by atoms with van der Waals surface area (Å²) in [5, 5.41) is 11.8. The van der Waals surface area contributed by atoms with Crippen LogP contribution in [-0.2, 0) is 13.1 Å². The highest BCUT2D eigenvalue weighted by Gasteiger charge is 2.11. The van der Waals surface area contributed by atoms with Crippen molar-refractivity contribution in [2.24, 2.45) is 0 Å². The molecule has 4 rings (SSSR count). The SMILES string of the molecule is Cc1cc(C)n(Cc2ccc(C(=O)Nc3cnn(Cc4c(F)cccc4Cl)c3)cc2)n1. The van der Waals surface area contributed by atoms with Gasteiger partial charge in [0.05, 0.1) is 30.7 Å². The van der Waals surface area contributed by atoms with Gasteiger partial charge in [-0.2, -0.15) is 10.2 Å². The van der Waals surface area contributed by atoms with Crippen molar-refractivity contribution in [2.45, 2.75) is 26.9 Å².